The number of hydrogen-bond donors (Lipinski definition) is 0. The number of nitrogens with zero attached hydrogens (tertiary/aromatic N) is 1. The van der Waals surface area contributed by atoms with E-state index in [4.69, 9.17) is 4.42 Å². The van der Waals surface area contributed by atoms with Crippen LogP contribution >= 0.6 is 0 Å². The minimum Gasteiger partial charge on any atom is -0.456 e. The summed E-state index contributed by atoms with van der Waals surface area (Å²) < 4.78 is 6.32. The van der Waals surface area contributed by atoms with Gasteiger partial charge in [0, 0.05) is 27.8 Å². The molecule has 0 unspecified atom stereocenters. The highest BCUT2D eigenvalue weighted by atomic mass is 16.3. The number of benzene rings is 11. The van der Waals surface area contributed by atoms with Crippen molar-refractivity contribution in [2.75, 3.05) is 4.90 Å². The molecule has 0 aliphatic rings. The SMILES string of the molecule is c1ccc(-c2ccc(-c3ccc(N(c4ccc(-c5ccc(-c6ccc7ccccc7c6)cc5)cc4)c4cccc(-c5cccc6oc7ccccc7c56)c4)cc3)cc2-c2ccccc2)cc1. The van der Waals surface area contributed by atoms with E-state index in [0.717, 1.165) is 55.7 Å². The molecule has 66 heavy (non-hydrogen) atoms. The molecule has 0 atom stereocenters. The van der Waals surface area contributed by atoms with E-state index in [1.807, 2.05) is 12.1 Å². The Morgan fingerprint density at radius 1 is 0.242 bits per heavy atom. The fraction of sp³-hybridized carbons (Fsp3) is 0. The van der Waals surface area contributed by atoms with E-state index in [2.05, 4.69) is 254 Å². The van der Waals surface area contributed by atoms with Gasteiger partial charge < -0.3 is 9.32 Å². The molecule has 2 heteroatoms. The summed E-state index contributed by atoms with van der Waals surface area (Å²) in [6, 6.07) is 93.9. The maximum absolute atomic E-state index is 6.32. The molecule has 0 spiro atoms. The molecule has 0 radical (unpaired) electrons. The van der Waals surface area contributed by atoms with Crippen molar-refractivity contribution in [2.45, 2.75) is 0 Å². The Labute approximate surface area is 384 Å². The second-order valence-electron chi connectivity index (χ2n) is 16.9. The maximum Gasteiger partial charge on any atom is 0.136 e. The molecule has 1 aromatic heterocycles. The lowest BCUT2D eigenvalue weighted by atomic mass is 9.91. The van der Waals surface area contributed by atoms with Gasteiger partial charge in [0.25, 0.3) is 0 Å². The van der Waals surface area contributed by atoms with Crippen LogP contribution in [0.5, 0.6) is 0 Å². The van der Waals surface area contributed by atoms with Crippen LogP contribution in [0.15, 0.2) is 265 Å². The van der Waals surface area contributed by atoms with Crippen molar-refractivity contribution in [1.29, 1.82) is 0 Å². The predicted octanol–water partition coefficient (Wildman–Crippen LogP) is 18.2. The molecule has 0 bridgehead atoms. The van der Waals surface area contributed by atoms with Crippen molar-refractivity contribution in [3.63, 3.8) is 0 Å². The number of furan rings is 1. The van der Waals surface area contributed by atoms with Gasteiger partial charge in [-0.15, -0.1) is 0 Å². The van der Waals surface area contributed by atoms with Gasteiger partial charge in [0.2, 0.25) is 0 Å². The average Bonchev–Trinajstić information content (AvgIpc) is 3.79. The number of hydrogen-bond acceptors (Lipinski definition) is 2. The molecule has 0 aliphatic heterocycles. The largest absolute Gasteiger partial charge is 0.456 e. The molecule has 0 N–H and O–H groups in total. The van der Waals surface area contributed by atoms with E-state index >= 15 is 0 Å². The average molecular weight is 842 g/mol. The van der Waals surface area contributed by atoms with Gasteiger partial charge >= 0.3 is 0 Å². The van der Waals surface area contributed by atoms with Crippen LogP contribution in [0.1, 0.15) is 0 Å². The molecular formula is C64H43NO. The molecule has 2 nitrogen and oxygen atoms in total. The first-order chi connectivity index (χ1) is 32.7. The Morgan fingerprint density at radius 2 is 0.742 bits per heavy atom. The summed E-state index contributed by atoms with van der Waals surface area (Å²) in [7, 11) is 0. The fourth-order valence-corrected chi connectivity index (χ4v) is 9.55. The number of fused-ring (bicyclic) bond motifs is 4. The normalized spacial score (nSPS) is 11.3. The van der Waals surface area contributed by atoms with Gasteiger partial charge in [-0.25, -0.2) is 0 Å². The molecule has 0 aliphatic carbocycles. The molecule has 310 valence electrons. The number of rotatable bonds is 9. The first kappa shape index (κ1) is 38.9. The topological polar surface area (TPSA) is 16.4 Å². The Bertz CT molecular complexity index is 3660. The summed E-state index contributed by atoms with van der Waals surface area (Å²) in [5.74, 6) is 0. The maximum atomic E-state index is 6.32. The van der Waals surface area contributed by atoms with Gasteiger partial charge in [0.1, 0.15) is 11.2 Å². The van der Waals surface area contributed by atoms with Crippen molar-refractivity contribution in [3.05, 3.63) is 261 Å². The summed E-state index contributed by atoms with van der Waals surface area (Å²) in [6.07, 6.45) is 0. The van der Waals surface area contributed by atoms with E-state index in [-0.39, 0.29) is 0 Å². The van der Waals surface area contributed by atoms with Gasteiger partial charge in [-0.1, -0.05) is 200 Å². The second-order valence-corrected chi connectivity index (χ2v) is 16.9. The van der Waals surface area contributed by atoms with Gasteiger partial charge in [0.05, 0.1) is 0 Å². The van der Waals surface area contributed by atoms with E-state index in [9.17, 15) is 0 Å². The van der Waals surface area contributed by atoms with Crippen LogP contribution in [0.4, 0.5) is 17.1 Å². The van der Waals surface area contributed by atoms with Crippen LogP contribution in [-0.4, -0.2) is 0 Å². The summed E-state index contributed by atoms with van der Waals surface area (Å²) in [4.78, 5) is 2.36. The molecule has 12 rings (SSSR count). The Balaban J connectivity index is 0.924. The van der Waals surface area contributed by atoms with E-state index < -0.39 is 0 Å². The Morgan fingerprint density at radius 3 is 1.44 bits per heavy atom. The lowest BCUT2D eigenvalue weighted by molar-refractivity contribution is 0.669. The molecule has 0 amide bonds. The van der Waals surface area contributed by atoms with Crippen molar-refractivity contribution in [2.24, 2.45) is 0 Å². The third-order valence-corrected chi connectivity index (χ3v) is 12.9. The van der Waals surface area contributed by atoms with E-state index in [0.29, 0.717) is 0 Å². The molecule has 0 saturated heterocycles. The van der Waals surface area contributed by atoms with Crippen molar-refractivity contribution in [3.8, 4) is 66.8 Å². The van der Waals surface area contributed by atoms with Crippen LogP contribution < -0.4 is 4.90 Å². The first-order valence-electron chi connectivity index (χ1n) is 22.6. The zero-order valence-corrected chi connectivity index (χ0v) is 36.2. The van der Waals surface area contributed by atoms with Crippen LogP contribution in [0, 0.1) is 0 Å². The molecule has 0 saturated carbocycles. The zero-order valence-electron chi connectivity index (χ0n) is 36.2. The van der Waals surface area contributed by atoms with Crippen molar-refractivity contribution in [1.82, 2.24) is 0 Å². The third-order valence-electron chi connectivity index (χ3n) is 12.9. The minimum absolute atomic E-state index is 0.889. The monoisotopic (exact) mass is 841 g/mol. The van der Waals surface area contributed by atoms with E-state index in [1.165, 1.54) is 60.8 Å². The smallest absolute Gasteiger partial charge is 0.136 e. The Hall–Kier alpha value is -8.72. The fourth-order valence-electron chi connectivity index (χ4n) is 9.55. The van der Waals surface area contributed by atoms with Gasteiger partial charge in [0.15, 0.2) is 0 Å². The lowest BCUT2D eigenvalue weighted by Crippen LogP contribution is -2.10. The molecule has 12 aromatic rings. The van der Waals surface area contributed by atoms with Gasteiger partial charge in [-0.05, 0) is 138 Å². The predicted molar refractivity (Wildman–Crippen MR) is 279 cm³/mol. The second kappa shape index (κ2) is 16.8. The van der Waals surface area contributed by atoms with Crippen molar-refractivity contribution >= 4 is 49.8 Å². The first-order valence-corrected chi connectivity index (χ1v) is 22.6. The van der Waals surface area contributed by atoms with Gasteiger partial charge in [-0.3, -0.25) is 0 Å². The standard InChI is InChI=1S/C64H43NO/c1-3-14-49(15-4-1)58-40-35-53(43-61(58)50-16-5-2-6-17-50)48-33-38-56(39-34-48)65(57-20-11-19-54(42-57)59-22-12-24-63-64(59)60-21-9-10-23-62(60)66-63)55-36-31-46(32-37-55)45-25-27-47(28-26-45)52-30-29-44-13-7-8-18-51(44)41-52/h1-43H. The highest BCUT2D eigenvalue weighted by Gasteiger charge is 2.18. The summed E-state index contributed by atoms with van der Waals surface area (Å²) in [5, 5.41) is 4.75. The molecule has 1 heterocycles. The molecule has 0 fully saturated rings. The Kier molecular flexibility index (Phi) is 9.89. The highest BCUT2D eigenvalue weighted by molar-refractivity contribution is 6.12. The summed E-state index contributed by atoms with van der Waals surface area (Å²) >= 11 is 0. The summed E-state index contributed by atoms with van der Waals surface area (Å²) in [5.41, 5.74) is 19.2. The number of para-hydroxylation sites is 1. The van der Waals surface area contributed by atoms with Crippen LogP contribution in [-0.2, 0) is 0 Å². The van der Waals surface area contributed by atoms with Crippen molar-refractivity contribution < 1.29 is 4.42 Å². The summed E-state index contributed by atoms with van der Waals surface area (Å²) in [6.45, 7) is 0. The quantitative estimate of drug-likeness (QED) is 0.144. The zero-order chi connectivity index (χ0) is 43.8. The molecule has 11 aromatic carbocycles. The van der Waals surface area contributed by atoms with Crippen LogP contribution in [0.25, 0.3) is 99.5 Å². The van der Waals surface area contributed by atoms with Gasteiger partial charge in [-0.2, -0.15) is 0 Å². The molecular weight excluding hydrogens is 799 g/mol. The highest BCUT2D eigenvalue weighted by Crippen LogP contribution is 2.42. The van der Waals surface area contributed by atoms with E-state index in [1.54, 1.807) is 0 Å². The van der Waals surface area contributed by atoms with Crippen LogP contribution in [0.3, 0.4) is 0 Å². The van der Waals surface area contributed by atoms with Crippen LogP contribution in [0.2, 0.25) is 0 Å². The minimum atomic E-state index is 0.889. The third kappa shape index (κ3) is 7.31. The number of anilines is 3. The lowest BCUT2D eigenvalue weighted by Gasteiger charge is -2.26.